The molecule has 0 fully saturated rings. The second-order valence-electron chi connectivity index (χ2n) is 8.10. The molecule has 2 aromatic carbocycles. The number of benzene rings is 2. The van der Waals surface area contributed by atoms with E-state index in [0.717, 1.165) is 42.4 Å². The van der Waals surface area contributed by atoms with Crippen LogP contribution in [0.25, 0.3) is 0 Å². The van der Waals surface area contributed by atoms with Crippen molar-refractivity contribution < 1.29 is 22.8 Å². The van der Waals surface area contributed by atoms with E-state index in [4.69, 9.17) is 0 Å². The van der Waals surface area contributed by atoms with Gasteiger partial charge in [0.15, 0.2) is 0 Å². The molecule has 0 saturated carbocycles. The molecule has 0 spiro atoms. The maximum absolute atomic E-state index is 13.3. The Morgan fingerprint density at radius 3 is 2.29 bits per heavy atom. The number of nitrogens with zero attached hydrogens (tertiary/aromatic N) is 1. The molecule has 3 amide bonds. The highest BCUT2D eigenvalue weighted by Gasteiger charge is 2.43. The molecule has 1 aliphatic carbocycles. The maximum atomic E-state index is 13.3. The largest absolute Gasteiger partial charge is 0.324 e. The number of anilines is 1. The molecule has 0 saturated heterocycles. The van der Waals surface area contributed by atoms with Crippen LogP contribution in [0, 0.1) is 0 Å². The minimum absolute atomic E-state index is 0.162. The molecule has 4 rings (SSSR count). The lowest BCUT2D eigenvalue weighted by atomic mass is 9.90. The molecule has 31 heavy (non-hydrogen) atoms. The summed E-state index contributed by atoms with van der Waals surface area (Å²) in [6, 6.07) is 10.9. The number of hydrogen-bond donors (Lipinski definition) is 1. The van der Waals surface area contributed by atoms with Crippen LogP contribution in [0.3, 0.4) is 0 Å². The summed E-state index contributed by atoms with van der Waals surface area (Å²) >= 11 is 0. The molecule has 2 aliphatic rings. The summed E-state index contributed by atoms with van der Waals surface area (Å²) in [4.78, 5) is 40.1. The number of rotatable bonds is 6. The van der Waals surface area contributed by atoms with Gasteiger partial charge in [-0.05, 0) is 61.4 Å². The zero-order chi connectivity index (χ0) is 22.2. The highest BCUT2D eigenvalue weighted by Crippen LogP contribution is 2.30. The van der Waals surface area contributed by atoms with Crippen molar-refractivity contribution in [3.8, 4) is 0 Å². The van der Waals surface area contributed by atoms with Crippen LogP contribution in [0.1, 0.15) is 51.1 Å². The van der Waals surface area contributed by atoms with Gasteiger partial charge in [0.25, 0.3) is 11.8 Å². The first-order valence-corrected chi connectivity index (χ1v) is 12.4. The molecule has 162 valence electrons. The molecule has 1 heterocycles. The quantitative estimate of drug-likeness (QED) is 0.696. The van der Waals surface area contributed by atoms with Gasteiger partial charge in [-0.1, -0.05) is 24.3 Å². The highest BCUT2D eigenvalue weighted by molar-refractivity contribution is 7.90. The monoisotopic (exact) mass is 440 g/mol. The lowest BCUT2D eigenvalue weighted by Gasteiger charge is -2.26. The summed E-state index contributed by atoms with van der Waals surface area (Å²) in [7, 11) is -3.40. The number of fused-ring (bicyclic) bond motifs is 2. The third-order valence-electron chi connectivity index (χ3n) is 5.86. The van der Waals surface area contributed by atoms with E-state index in [1.807, 2.05) is 12.1 Å². The second kappa shape index (κ2) is 8.26. The van der Waals surface area contributed by atoms with Crippen molar-refractivity contribution in [3.63, 3.8) is 0 Å². The van der Waals surface area contributed by atoms with Gasteiger partial charge in [-0.25, -0.2) is 8.42 Å². The summed E-state index contributed by atoms with van der Waals surface area (Å²) < 4.78 is 23.6. The van der Waals surface area contributed by atoms with Crippen LogP contribution in [0.2, 0.25) is 0 Å². The zero-order valence-electron chi connectivity index (χ0n) is 17.3. The van der Waals surface area contributed by atoms with Crippen molar-refractivity contribution >= 4 is 33.2 Å². The van der Waals surface area contributed by atoms with Crippen molar-refractivity contribution in [2.75, 3.05) is 17.3 Å². The number of amides is 3. The Morgan fingerprint density at radius 1 is 1.00 bits per heavy atom. The predicted molar refractivity (Wildman–Crippen MR) is 117 cm³/mol. The molecule has 1 N–H and O–H groups in total. The van der Waals surface area contributed by atoms with E-state index in [9.17, 15) is 22.8 Å². The molecule has 0 unspecified atom stereocenters. The van der Waals surface area contributed by atoms with E-state index in [0.29, 0.717) is 5.69 Å². The fourth-order valence-electron chi connectivity index (χ4n) is 4.31. The van der Waals surface area contributed by atoms with Gasteiger partial charge in [-0.2, -0.15) is 0 Å². The predicted octanol–water partition coefficient (Wildman–Crippen LogP) is 2.60. The minimum atomic E-state index is -3.40. The Kier molecular flexibility index (Phi) is 5.66. The number of hydrogen-bond acceptors (Lipinski definition) is 5. The van der Waals surface area contributed by atoms with Crippen LogP contribution < -0.4 is 5.32 Å². The number of imide groups is 1. The van der Waals surface area contributed by atoms with Gasteiger partial charge in [0.05, 0.1) is 16.9 Å². The first-order valence-electron chi connectivity index (χ1n) is 10.3. The molecule has 2 aromatic rings. The highest BCUT2D eigenvalue weighted by atomic mass is 32.2. The first kappa shape index (κ1) is 21.2. The van der Waals surface area contributed by atoms with Crippen LogP contribution in [0.5, 0.6) is 0 Å². The molecule has 0 aromatic heterocycles. The van der Waals surface area contributed by atoms with E-state index < -0.39 is 33.6 Å². The summed E-state index contributed by atoms with van der Waals surface area (Å²) in [5.41, 5.74) is 3.34. The summed E-state index contributed by atoms with van der Waals surface area (Å²) in [6.07, 6.45) is 4.80. The normalized spacial score (nSPS) is 16.6. The third kappa shape index (κ3) is 4.25. The molecular formula is C23H24N2O5S. The van der Waals surface area contributed by atoms with E-state index >= 15 is 0 Å². The smallest absolute Gasteiger partial charge is 0.262 e. The van der Waals surface area contributed by atoms with Gasteiger partial charge in [0, 0.05) is 11.9 Å². The number of aryl methyl sites for hydroxylation is 1. The average Bonchev–Trinajstić information content (AvgIpc) is 2.99. The summed E-state index contributed by atoms with van der Waals surface area (Å²) in [5.74, 6) is -2.03. The fraction of sp³-hybridized carbons (Fsp3) is 0.348. The Morgan fingerprint density at radius 2 is 1.65 bits per heavy atom. The van der Waals surface area contributed by atoms with E-state index in [1.54, 1.807) is 18.2 Å². The van der Waals surface area contributed by atoms with Crippen molar-refractivity contribution in [1.82, 2.24) is 4.90 Å². The van der Waals surface area contributed by atoms with Crippen LogP contribution >= 0.6 is 0 Å². The lowest BCUT2D eigenvalue weighted by molar-refractivity contribution is -0.120. The Bertz CT molecular complexity index is 1140. The fourth-order valence-corrected chi connectivity index (χ4v) is 4.96. The summed E-state index contributed by atoms with van der Waals surface area (Å²) in [6.45, 7) is 0. The number of carbonyl (C=O) groups is 3. The second-order valence-corrected chi connectivity index (χ2v) is 10.4. The topological polar surface area (TPSA) is 101 Å². The number of nitrogens with one attached hydrogen (secondary N) is 1. The molecular weight excluding hydrogens is 416 g/mol. The maximum Gasteiger partial charge on any atom is 0.262 e. The third-order valence-corrected chi connectivity index (χ3v) is 6.83. The van der Waals surface area contributed by atoms with Gasteiger partial charge < -0.3 is 5.32 Å². The van der Waals surface area contributed by atoms with Gasteiger partial charge in [-0.15, -0.1) is 0 Å². The van der Waals surface area contributed by atoms with Gasteiger partial charge in [-0.3, -0.25) is 19.3 Å². The Hall–Kier alpha value is -3.00. The SMILES string of the molecule is CS(=O)(=O)CC[C@@H](C(=O)Nc1cccc2c1CCCC2)N1C(=O)c2ccccc2C1=O. The number of sulfone groups is 1. The van der Waals surface area contributed by atoms with Crippen molar-refractivity contribution in [3.05, 3.63) is 64.7 Å². The Labute approximate surface area is 181 Å². The standard InChI is InChI=1S/C23H24N2O5S/c1-31(29,30)14-13-20(25-22(27)17-10-4-5-11-18(17)23(25)28)21(26)24-19-12-6-8-15-7-2-3-9-16(15)19/h4-6,8,10-12,20H,2-3,7,9,13-14H2,1H3,(H,24,26)/t20-/m0/s1. The molecule has 7 nitrogen and oxygen atoms in total. The van der Waals surface area contributed by atoms with Crippen LogP contribution in [0.4, 0.5) is 5.69 Å². The van der Waals surface area contributed by atoms with E-state index in [-0.39, 0.29) is 23.3 Å². The van der Waals surface area contributed by atoms with Crippen LogP contribution in [-0.4, -0.2) is 49.1 Å². The minimum Gasteiger partial charge on any atom is -0.324 e. The van der Waals surface area contributed by atoms with Crippen LogP contribution in [0.15, 0.2) is 42.5 Å². The molecule has 0 bridgehead atoms. The van der Waals surface area contributed by atoms with Crippen molar-refractivity contribution in [2.45, 2.75) is 38.1 Å². The Balaban J connectivity index is 1.65. The van der Waals surface area contributed by atoms with Gasteiger partial charge >= 0.3 is 0 Å². The number of carbonyl (C=O) groups excluding carboxylic acids is 3. The summed E-state index contributed by atoms with van der Waals surface area (Å²) in [5, 5.41) is 2.87. The first-order chi connectivity index (χ1) is 14.8. The average molecular weight is 441 g/mol. The molecule has 0 radical (unpaired) electrons. The van der Waals surface area contributed by atoms with Crippen molar-refractivity contribution in [1.29, 1.82) is 0 Å². The van der Waals surface area contributed by atoms with Gasteiger partial charge in [0.1, 0.15) is 15.9 Å². The van der Waals surface area contributed by atoms with Crippen molar-refractivity contribution in [2.24, 2.45) is 0 Å². The van der Waals surface area contributed by atoms with Crippen LogP contribution in [-0.2, 0) is 27.5 Å². The zero-order valence-corrected chi connectivity index (χ0v) is 18.1. The van der Waals surface area contributed by atoms with E-state index in [2.05, 4.69) is 5.32 Å². The van der Waals surface area contributed by atoms with E-state index in [1.165, 1.54) is 17.7 Å². The molecule has 1 atom stereocenters. The van der Waals surface area contributed by atoms with Gasteiger partial charge in [0.2, 0.25) is 5.91 Å². The molecule has 8 heteroatoms. The lowest BCUT2D eigenvalue weighted by Crippen LogP contribution is -2.48. The molecule has 1 aliphatic heterocycles.